The first-order valence-electron chi connectivity index (χ1n) is 13.2. The molecule has 0 fully saturated rings. The van der Waals surface area contributed by atoms with E-state index in [1.807, 2.05) is 44.2 Å². The number of nitrogens with zero attached hydrogens (tertiary/aromatic N) is 2. The summed E-state index contributed by atoms with van der Waals surface area (Å²) in [5.41, 5.74) is -0.484. The van der Waals surface area contributed by atoms with Crippen molar-refractivity contribution in [2.75, 3.05) is 23.9 Å². The molecular weight excluding hydrogens is 555 g/mol. The van der Waals surface area contributed by atoms with E-state index in [-0.39, 0.29) is 23.0 Å². The monoisotopic (exact) mass is 589 g/mol. The van der Waals surface area contributed by atoms with Crippen molar-refractivity contribution in [2.24, 2.45) is 5.92 Å². The molecule has 0 spiro atoms. The molecule has 3 rings (SSSR count). The fourth-order valence-corrected chi connectivity index (χ4v) is 5.54. The van der Waals surface area contributed by atoms with Crippen LogP contribution >= 0.6 is 0 Å². The lowest BCUT2D eigenvalue weighted by atomic mass is 10.1. The smallest absolute Gasteiger partial charge is 0.354 e. The fourth-order valence-electron chi connectivity index (χ4n) is 4.11. The second-order valence-corrected chi connectivity index (χ2v) is 11.9. The van der Waals surface area contributed by atoms with Gasteiger partial charge in [-0.25, -0.2) is 8.42 Å². The van der Waals surface area contributed by atoms with Crippen LogP contribution < -0.4 is 9.62 Å². The molecular formula is C30H34F3N3O4S. The molecule has 1 N–H and O–H groups in total. The molecule has 2 amide bonds. The first-order valence-corrected chi connectivity index (χ1v) is 14.6. The van der Waals surface area contributed by atoms with Crippen molar-refractivity contribution in [2.45, 2.75) is 44.3 Å². The highest BCUT2D eigenvalue weighted by Gasteiger charge is 2.35. The Morgan fingerprint density at radius 2 is 1.49 bits per heavy atom. The molecule has 3 aromatic carbocycles. The van der Waals surface area contributed by atoms with E-state index < -0.39 is 46.2 Å². The van der Waals surface area contributed by atoms with Crippen molar-refractivity contribution < 1.29 is 31.2 Å². The quantitative estimate of drug-likeness (QED) is 0.317. The molecule has 11 heteroatoms. The summed E-state index contributed by atoms with van der Waals surface area (Å²) in [7, 11) is -4.46. The number of carbonyl (C=O) groups is 2. The summed E-state index contributed by atoms with van der Waals surface area (Å²) < 4.78 is 68.7. The number of rotatable bonds is 12. The van der Waals surface area contributed by atoms with Gasteiger partial charge < -0.3 is 10.2 Å². The SMILES string of the molecule is CC(C)CNC(=O)[C@@H](C)N(CCc1ccccc1)C(=O)CN(c1cccc(C(F)(F)F)c1)S(=O)(=O)c1ccccc1. The zero-order valence-corrected chi connectivity index (χ0v) is 24.0. The summed E-state index contributed by atoms with van der Waals surface area (Å²) in [6.07, 6.45) is -4.35. The highest BCUT2D eigenvalue weighted by atomic mass is 32.2. The molecule has 0 bridgehead atoms. The van der Waals surface area contributed by atoms with Crippen LogP contribution in [-0.4, -0.2) is 50.8 Å². The maximum Gasteiger partial charge on any atom is 0.416 e. The molecule has 7 nitrogen and oxygen atoms in total. The molecule has 0 saturated heterocycles. The van der Waals surface area contributed by atoms with Gasteiger partial charge in [0.25, 0.3) is 10.0 Å². The molecule has 0 heterocycles. The van der Waals surface area contributed by atoms with E-state index in [1.165, 1.54) is 35.2 Å². The van der Waals surface area contributed by atoms with Gasteiger partial charge in [-0.05, 0) is 55.2 Å². The van der Waals surface area contributed by atoms with Gasteiger partial charge >= 0.3 is 6.18 Å². The summed E-state index contributed by atoms with van der Waals surface area (Å²) in [6.45, 7) is 5.03. The Hall–Kier alpha value is -3.86. The fraction of sp³-hybridized carbons (Fsp3) is 0.333. The van der Waals surface area contributed by atoms with Crippen LogP contribution in [0.1, 0.15) is 31.9 Å². The van der Waals surface area contributed by atoms with Gasteiger partial charge in [0.15, 0.2) is 0 Å². The van der Waals surface area contributed by atoms with Gasteiger partial charge in [-0.15, -0.1) is 0 Å². The van der Waals surface area contributed by atoms with Crippen LogP contribution in [0.5, 0.6) is 0 Å². The lowest BCUT2D eigenvalue weighted by molar-refractivity contribution is -0.138. The molecule has 0 aliphatic heterocycles. The van der Waals surface area contributed by atoms with E-state index >= 15 is 0 Å². The molecule has 0 radical (unpaired) electrons. The van der Waals surface area contributed by atoms with Gasteiger partial charge in [0.1, 0.15) is 12.6 Å². The number of sulfonamides is 1. The van der Waals surface area contributed by atoms with Gasteiger partial charge in [0.2, 0.25) is 11.8 Å². The lowest BCUT2D eigenvalue weighted by Crippen LogP contribution is -2.52. The van der Waals surface area contributed by atoms with Gasteiger partial charge in [-0.2, -0.15) is 13.2 Å². The van der Waals surface area contributed by atoms with Crippen LogP contribution in [0.25, 0.3) is 0 Å². The van der Waals surface area contributed by atoms with Crippen LogP contribution in [0.15, 0.2) is 89.8 Å². The molecule has 3 aromatic rings. The van der Waals surface area contributed by atoms with Crippen LogP contribution in [0.4, 0.5) is 18.9 Å². The number of hydrogen-bond acceptors (Lipinski definition) is 4. The van der Waals surface area contributed by atoms with Crippen molar-refractivity contribution in [3.05, 3.63) is 96.1 Å². The Morgan fingerprint density at radius 1 is 0.878 bits per heavy atom. The van der Waals surface area contributed by atoms with E-state index in [4.69, 9.17) is 0 Å². The lowest BCUT2D eigenvalue weighted by Gasteiger charge is -2.32. The van der Waals surface area contributed by atoms with Gasteiger partial charge in [-0.3, -0.25) is 13.9 Å². The van der Waals surface area contributed by atoms with Crippen LogP contribution in [0.3, 0.4) is 0 Å². The molecule has 0 unspecified atom stereocenters. The molecule has 1 atom stereocenters. The van der Waals surface area contributed by atoms with Crippen molar-refractivity contribution in [1.82, 2.24) is 10.2 Å². The number of nitrogens with one attached hydrogen (secondary N) is 1. The molecule has 0 aromatic heterocycles. The van der Waals surface area contributed by atoms with E-state index in [9.17, 15) is 31.2 Å². The Bertz CT molecular complexity index is 1420. The molecule has 0 aliphatic carbocycles. The highest BCUT2D eigenvalue weighted by molar-refractivity contribution is 7.92. The number of carbonyl (C=O) groups excluding carboxylic acids is 2. The maximum absolute atomic E-state index is 13.8. The van der Waals surface area contributed by atoms with E-state index in [2.05, 4.69) is 5.32 Å². The molecule has 0 aliphatic rings. The number of benzene rings is 3. The summed E-state index contributed by atoms with van der Waals surface area (Å²) in [5.74, 6) is -0.992. The third-order valence-electron chi connectivity index (χ3n) is 6.41. The average molecular weight is 590 g/mol. The number of halogens is 3. The number of hydrogen-bond donors (Lipinski definition) is 1. The second-order valence-electron chi connectivity index (χ2n) is 10.0. The largest absolute Gasteiger partial charge is 0.416 e. The van der Waals surface area contributed by atoms with Crippen molar-refractivity contribution in [1.29, 1.82) is 0 Å². The standard InChI is InChI=1S/C30H34F3N3O4S/c1-22(2)20-34-29(38)23(3)35(18-17-24-11-6-4-7-12-24)28(37)21-36(41(39,40)27-15-8-5-9-16-27)26-14-10-13-25(19-26)30(31,32)33/h4-16,19,22-23H,17-18,20-21H2,1-3H3,(H,34,38)/t23-/m1/s1. The summed E-state index contributed by atoms with van der Waals surface area (Å²) in [4.78, 5) is 27.9. The third kappa shape index (κ3) is 8.56. The Labute approximate surface area is 239 Å². The number of amides is 2. The Morgan fingerprint density at radius 3 is 2.07 bits per heavy atom. The zero-order chi connectivity index (χ0) is 30.2. The zero-order valence-electron chi connectivity index (χ0n) is 23.1. The van der Waals surface area contributed by atoms with Crippen LogP contribution in [0.2, 0.25) is 0 Å². The minimum Gasteiger partial charge on any atom is -0.354 e. The third-order valence-corrected chi connectivity index (χ3v) is 8.20. The summed E-state index contributed by atoms with van der Waals surface area (Å²) in [6, 6.07) is 19.2. The summed E-state index contributed by atoms with van der Waals surface area (Å²) in [5, 5.41) is 2.79. The predicted molar refractivity (Wildman–Crippen MR) is 152 cm³/mol. The Kier molecular flexibility index (Phi) is 10.6. The second kappa shape index (κ2) is 13.7. The van der Waals surface area contributed by atoms with Crippen LogP contribution in [0, 0.1) is 5.92 Å². The minimum absolute atomic E-state index is 0.0843. The van der Waals surface area contributed by atoms with Gasteiger partial charge in [0, 0.05) is 13.1 Å². The first kappa shape index (κ1) is 31.7. The average Bonchev–Trinajstić information content (AvgIpc) is 2.95. The van der Waals surface area contributed by atoms with E-state index in [0.717, 1.165) is 17.7 Å². The molecule has 0 saturated carbocycles. The van der Waals surface area contributed by atoms with Gasteiger partial charge in [0.05, 0.1) is 16.1 Å². The van der Waals surface area contributed by atoms with E-state index in [0.29, 0.717) is 23.3 Å². The van der Waals surface area contributed by atoms with Crippen molar-refractivity contribution in [3.8, 4) is 0 Å². The first-order chi connectivity index (χ1) is 19.3. The van der Waals surface area contributed by atoms with Crippen molar-refractivity contribution in [3.63, 3.8) is 0 Å². The molecule has 220 valence electrons. The van der Waals surface area contributed by atoms with E-state index in [1.54, 1.807) is 13.0 Å². The normalized spacial score (nSPS) is 12.6. The maximum atomic E-state index is 13.8. The Balaban J connectivity index is 2.01. The predicted octanol–water partition coefficient (Wildman–Crippen LogP) is 5.13. The van der Waals surface area contributed by atoms with Crippen LogP contribution in [-0.2, 0) is 32.2 Å². The minimum atomic E-state index is -4.73. The topological polar surface area (TPSA) is 86.8 Å². The number of alkyl halides is 3. The highest BCUT2D eigenvalue weighted by Crippen LogP contribution is 2.33. The number of anilines is 1. The van der Waals surface area contributed by atoms with Crippen molar-refractivity contribution >= 4 is 27.5 Å². The molecule has 41 heavy (non-hydrogen) atoms. The summed E-state index contributed by atoms with van der Waals surface area (Å²) >= 11 is 0. The van der Waals surface area contributed by atoms with Gasteiger partial charge in [-0.1, -0.05) is 68.4 Å².